The first kappa shape index (κ1) is 14.9. The van der Waals surface area contributed by atoms with Crippen molar-refractivity contribution in [1.82, 2.24) is 10.1 Å². The number of rotatable bonds is 5. The summed E-state index contributed by atoms with van der Waals surface area (Å²) in [6, 6.07) is 7.13. The minimum atomic E-state index is -0.898. The molecule has 0 radical (unpaired) electrons. The molecule has 1 heterocycles. The monoisotopic (exact) mass is 312 g/mol. The Morgan fingerprint density at radius 3 is 2.90 bits per heavy atom. The minimum Gasteiger partial charge on any atom is -0.480 e. The topological polar surface area (TPSA) is 76.2 Å². The Morgan fingerprint density at radius 2 is 2.25 bits per heavy atom. The Labute approximate surface area is 125 Å². The number of carboxylic acid groups (broad SMARTS) is 1. The summed E-state index contributed by atoms with van der Waals surface area (Å²) in [6.07, 6.45) is 0. The highest BCUT2D eigenvalue weighted by molar-refractivity contribution is 8.00. The largest absolute Gasteiger partial charge is 0.480 e. The number of carbonyl (C=O) groups is 1. The fraction of sp³-hybridized carbons (Fsp3) is 0.308. The maximum absolute atomic E-state index is 11.0. The lowest BCUT2D eigenvalue weighted by atomic mass is 10.2. The number of aliphatic carboxylic acids is 1. The van der Waals surface area contributed by atoms with Gasteiger partial charge in [0.2, 0.25) is 11.7 Å². The van der Waals surface area contributed by atoms with Crippen LogP contribution in [-0.2, 0) is 10.5 Å². The van der Waals surface area contributed by atoms with Crippen LogP contribution < -0.4 is 0 Å². The molecule has 1 aromatic heterocycles. The third kappa shape index (κ3) is 3.52. The van der Waals surface area contributed by atoms with Crippen LogP contribution in [0.1, 0.15) is 19.7 Å². The standard InChI is InChI=1S/C13H13ClN2O3S/c1-13(2,12(17)18)20-7-10-15-11(16-19-10)8-4-3-5-9(14)6-8/h3-6H,7H2,1-2H3,(H,17,18). The fourth-order valence-corrected chi connectivity index (χ4v) is 2.28. The van der Waals surface area contributed by atoms with Gasteiger partial charge in [-0.15, -0.1) is 11.8 Å². The number of carboxylic acids is 1. The molecule has 0 fully saturated rings. The zero-order chi connectivity index (χ0) is 14.8. The average molecular weight is 313 g/mol. The van der Waals surface area contributed by atoms with E-state index in [2.05, 4.69) is 10.1 Å². The summed E-state index contributed by atoms with van der Waals surface area (Å²) in [6.45, 7) is 3.27. The molecule has 0 spiro atoms. The SMILES string of the molecule is CC(C)(SCc1nc(-c2cccc(Cl)c2)no1)C(=O)O. The second-order valence-electron chi connectivity index (χ2n) is 4.63. The molecule has 0 bridgehead atoms. The Bertz CT molecular complexity index is 628. The van der Waals surface area contributed by atoms with Crippen molar-refractivity contribution in [3.8, 4) is 11.4 Å². The molecule has 5 nitrogen and oxygen atoms in total. The molecule has 20 heavy (non-hydrogen) atoms. The first-order chi connectivity index (χ1) is 9.38. The van der Waals surface area contributed by atoms with Gasteiger partial charge in [0.15, 0.2) is 0 Å². The summed E-state index contributed by atoms with van der Waals surface area (Å²) in [5, 5.41) is 13.5. The van der Waals surface area contributed by atoms with Gasteiger partial charge in [0.25, 0.3) is 0 Å². The highest BCUT2D eigenvalue weighted by atomic mass is 35.5. The van der Waals surface area contributed by atoms with Crippen molar-refractivity contribution >= 4 is 29.3 Å². The number of halogens is 1. The van der Waals surface area contributed by atoms with Crippen LogP contribution in [0.2, 0.25) is 5.02 Å². The zero-order valence-corrected chi connectivity index (χ0v) is 12.5. The predicted molar refractivity (Wildman–Crippen MR) is 77.8 cm³/mol. The Hall–Kier alpha value is -1.53. The van der Waals surface area contributed by atoms with Gasteiger partial charge in [-0.2, -0.15) is 4.98 Å². The molecule has 0 unspecified atom stereocenters. The van der Waals surface area contributed by atoms with E-state index in [0.717, 1.165) is 5.56 Å². The average Bonchev–Trinajstić information content (AvgIpc) is 2.85. The lowest BCUT2D eigenvalue weighted by Crippen LogP contribution is -2.27. The lowest BCUT2D eigenvalue weighted by molar-refractivity contribution is -0.138. The Balaban J connectivity index is 2.08. The second-order valence-corrected chi connectivity index (χ2v) is 6.66. The molecule has 0 atom stereocenters. The molecule has 2 aromatic rings. The molecule has 0 aliphatic heterocycles. The molecule has 0 aliphatic carbocycles. The first-order valence-electron chi connectivity index (χ1n) is 5.84. The highest BCUT2D eigenvalue weighted by Gasteiger charge is 2.28. The zero-order valence-electron chi connectivity index (χ0n) is 11.0. The normalized spacial score (nSPS) is 11.6. The van der Waals surface area contributed by atoms with Crippen LogP contribution in [0, 0.1) is 0 Å². The van der Waals surface area contributed by atoms with Gasteiger partial charge in [-0.3, -0.25) is 4.79 Å². The van der Waals surface area contributed by atoms with Gasteiger partial charge < -0.3 is 9.63 Å². The van der Waals surface area contributed by atoms with Crippen molar-refractivity contribution in [3.63, 3.8) is 0 Å². The molecular formula is C13H13ClN2O3S. The van der Waals surface area contributed by atoms with E-state index in [1.54, 1.807) is 32.0 Å². The van der Waals surface area contributed by atoms with E-state index >= 15 is 0 Å². The van der Waals surface area contributed by atoms with Crippen molar-refractivity contribution in [1.29, 1.82) is 0 Å². The van der Waals surface area contributed by atoms with Crippen LogP contribution in [-0.4, -0.2) is 26.0 Å². The van der Waals surface area contributed by atoms with Crippen LogP contribution in [0.3, 0.4) is 0 Å². The van der Waals surface area contributed by atoms with Crippen LogP contribution in [0.15, 0.2) is 28.8 Å². The first-order valence-corrected chi connectivity index (χ1v) is 7.21. The Kier molecular flexibility index (Phi) is 4.35. The smallest absolute Gasteiger partial charge is 0.319 e. The summed E-state index contributed by atoms with van der Waals surface area (Å²) in [7, 11) is 0. The van der Waals surface area contributed by atoms with E-state index in [-0.39, 0.29) is 0 Å². The van der Waals surface area contributed by atoms with Gasteiger partial charge in [-0.05, 0) is 26.0 Å². The summed E-state index contributed by atoms with van der Waals surface area (Å²) in [5.74, 6) is 0.292. The Morgan fingerprint density at radius 1 is 1.50 bits per heavy atom. The van der Waals surface area contributed by atoms with E-state index < -0.39 is 10.7 Å². The van der Waals surface area contributed by atoms with Crippen molar-refractivity contribution in [2.75, 3.05) is 0 Å². The summed E-state index contributed by atoms with van der Waals surface area (Å²) < 4.78 is 4.22. The molecule has 1 aromatic carbocycles. The van der Waals surface area contributed by atoms with Crippen LogP contribution in [0.5, 0.6) is 0 Å². The van der Waals surface area contributed by atoms with E-state index in [1.165, 1.54) is 11.8 Å². The van der Waals surface area contributed by atoms with Gasteiger partial charge in [0.05, 0.1) is 5.75 Å². The van der Waals surface area contributed by atoms with Gasteiger partial charge in [0, 0.05) is 10.6 Å². The molecule has 2 rings (SSSR count). The molecule has 7 heteroatoms. The van der Waals surface area contributed by atoms with E-state index in [4.69, 9.17) is 21.2 Å². The molecular weight excluding hydrogens is 300 g/mol. The minimum absolute atomic E-state index is 0.340. The second kappa shape index (κ2) is 5.85. The van der Waals surface area contributed by atoms with E-state index in [0.29, 0.717) is 22.5 Å². The van der Waals surface area contributed by atoms with Crippen molar-refractivity contribution in [2.45, 2.75) is 24.3 Å². The van der Waals surface area contributed by atoms with Crippen molar-refractivity contribution in [2.24, 2.45) is 0 Å². The molecule has 0 aliphatic rings. The molecule has 0 saturated carbocycles. The van der Waals surface area contributed by atoms with Gasteiger partial charge in [-0.25, -0.2) is 0 Å². The fourth-order valence-electron chi connectivity index (χ4n) is 1.36. The predicted octanol–water partition coefficient (Wildman–Crippen LogP) is 3.49. The summed E-state index contributed by atoms with van der Waals surface area (Å²) in [4.78, 5) is 15.2. The van der Waals surface area contributed by atoms with Crippen LogP contribution in [0.25, 0.3) is 11.4 Å². The molecule has 106 valence electrons. The number of benzene rings is 1. The quantitative estimate of drug-likeness (QED) is 0.910. The van der Waals surface area contributed by atoms with E-state index in [1.807, 2.05) is 6.07 Å². The maximum atomic E-state index is 11.0. The third-order valence-electron chi connectivity index (χ3n) is 2.62. The molecule has 0 amide bonds. The number of hydrogen-bond acceptors (Lipinski definition) is 5. The number of aromatic nitrogens is 2. The maximum Gasteiger partial charge on any atom is 0.319 e. The lowest BCUT2D eigenvalue weighted by Gasteiger charge is -2.16. The number of hydrogen-bond donors (Lipinski definition) is 1. The number of thioether (sulfide) groups is 1. The summed E-state index contributed by atoms with van der Waals surface area (Å²) in [5.41, 5.74) is 0.759. The molecule has 1 N–H and O–H groups in total. The van der Waals surface area contributed by atoms with Crippen molar-refractivity contribution < 1.29 is 14.4 Å². The van der Waals surface area contributed by atoms with Gasteiger partial charge in [0.1, 0.15) is 4.75 Å². The summed E-state index contributed by atoms with van der Waals surface area (Å²) >= 11 is 7.13. The van der Waals surface area contributed by atoms with Gasteiger partial charge >= 0.3 is 5.97 Å². The van der Waals surface area contributed by atoms with Gasteiger partial charge in [-0.1, -0.05) is 28.9 Å². The van der Waals surface area contributed by atoms with Crippen molar-refractivity contribution in [3.05, 3.63) is 35.2 Å². The highest BCUT2D eigenvalue weighted by Crippen LogP contribution is 2.28. The van der Waals surface area contributed by atoms with Crippen LogP contribution in [0.4, 0.5) is 0 Å². The van der Waals surface area contributed by atoms with E-state index in [9.17, 15) is 4.79 Å². The van der Waals surface area contributed by atoms with Crippen LogP contribution >= 0.6 is 23.4 Å². The third-order valence-corrected chi connectivity index (χ3v) is 4.15. The molecule has 0 saturated heterocycles. The number of nitrogens with zero attached hydrogens (tertiary/aromatic N) is 2.